The number of ether oxygens (including phenoxy) is 2. The maximum absolute atomic E-state index is 8.59. The molecule has 0 aliphatic carbocycles. The zero-order chi connectivity index (χ0) is 14.7. The molecule has 0 aromatic heterocycles. The first-order valence-corrected chi connectivity index (χ1v) is 7.36. The Balaban J connectivity index is 1.39. The Bertz CT molecular complexity index is 503. The van der Waals surface area contributed by atoms with E-state index in [1.165, 1.54) is 12.8 Å². The quantitative estimate of drug-likeness (QED) is 0.240. The molecule has 1 aromatic carbocycles. The van der Waals surface area contributed by atoms with E-state index in [1.807, 2.05) is 12.1 Å². The number of nitrogens with one attached hydrogen (secondary N) is 1. The molecular weight excluding hydrogens is 270 g/mol. The topological polar surface area (TPSA) is 89.1 Å². The Morgan fingerprint density at radius 1 is 1.38 bits per heavy atom. The van der Waals surface area contributed by atoms with Gasteiger partial charge in [0.05, 0.1) is 12.2 Å². The van der Waals surface area contributed by atoms with Gasteiger partial charge in [-0.1, -0.05) is 5.16 Å². The van der Waals surface area contributed by atoms with E-state index in [-0.39, 0.29) is 5.84 Å². The molecular formula is C15H21N3O3. The molecule has 6 heteroatoms. The minimum Gasteiger partial charge on any atom is -0.492 e. The van der Waals surface area contributed by atoms with Gasteiger partial charge in [-0.05, 0) is 43.5 Å². The zero-order valence-corrected chi connectivity index (χ0v) is 11.9. The molecule has 2 aliphatic heterocycles. The maximum Gasteiger partial charge on any atom is 0.170 e. The van der Waals surface area contributed by atoms with Crippen molar-refractivity contribution >= 4 is 5.84 Å². The van der Waals surface area contributed by atoms with E-state index >= 15 is 0 Å². The second-order valence-corrected chi connectivity index (χ2v) is 5.53. The van der Waals surface area contributed by atoms with Crippen LogP contribution in [0.4, 0.5) is 0 Å². The summed E-state index contributed by atoms with van der Waals surface area (Å²) < 4.78 is 11.5. The minimum atomic E-state index is 0.0968. The monoisotopic (exact) mass is 291 g/mol. The average Bonchev–Trinajstić information content (AvgIpc) is 3.14. The van der Waals surface area contributed by atoms with Gasteiger partial charge in [-0.2, -0.15) is 0 Å². The average molecular weight is 291 g/mol. The Kier molecular flexibility index (Phi) is 4.26. The van der Waals surface area contributed by atoms with Crippen LogP contribution in [0, 0.1) is 0 Å². The first kappa shape index (κ1) is 14.2. The highest BCUT2D eigenvalue weighted by Crippen LogP contribution is 2.34. The van der Waals surface area contributed by atoms with Crippen molar-refractivity contribution < 1.29 is 14.7 Å². The lowest BCUT2D eigenvalue weighted by molar-refractivity contribution is 0.0970. The van der Waals surface area contributed by atoms with Crippen molar-refractivity contribution in [1.82, 2.24) is 5.32 Å². The standard InChI is InChI=1S/C15H21N3O3/c16-15(18-19)10-1-3-11(4-2-10)20-8-7-17-13-9-12-5-6-14(13)21-12/h1-4,12-14,17,19H,5-9H2,(H2,16,18). The molecule has 2 heterocycles. The van der Waals surface area contributed by atoms with Crippen molar-refractivity contribution in [1.29, 1.82) is 0 Å². The number of hydrogen-bond acceptors (Lipinski definition) is 5. The number of hydrogen-bond donors (Lipinski definition) is 3. The fraction of sp³-hybridized carbons (Fsp3) is 0.533. The van der Waals surface area contributed by atoms with Crippen LogP contribution in [0.2, 0.25) is 0 Å². The molecule has 21 heavy (non-hydrogen) atoms. The van der Waals surface area contributed by atoms with Gasteiger partial charge in [0.1, 0.15) is 12.4 Å². The smallest absolute Gasteiger partial charge is 0.170 e. The molecule has 3 unspecified atom stereocenters. The summed E-state index contributed by atoms with van der Waals surface area (Å²) in [4.78, 5) is 0. The van der Waals surface area contributed by atoms with Gasteiger partial charge in [0, 0.05) is 18.2 Å². The summed E-state index contributed by atoms with van der Waals surface area (Å²) in [6, 6.07) is 7.64. The van der Waals surface area contributed by atoms with Crippen LogP contribution in [-0.2, 0) is 4.74 Å². The Labute approximate surface area is 123 Å². The second-order valence-electron chi connectivity index (χ2n) is 5.53. The predicted molar refractivity (Wildman–Crippen MR) is 78.8 cm³/mol. The van der Waals surface area contributed by atoms with Crippen LogP contribution in [0.5, 0.6) is 5.75 Å². The van der Waals surface area contributed by atoms with E-state index in [4.69, 9.17) is 20.4 Å². The molecule has 2 saturated heterocycles. The molecule has 0 spiro atoms. The van der Waals surface area contributed by atoms with Crippen LogP contribution in [0.15, 0.2) is 29.4 Å². The first-order valence-electron chi connectivity index (χ1n) is 7.36. The molecule has 6 nitrogen and oxygen atoms in total. The molecule has 2 bridgehead atoms. The van der Waals surface area contributed by atoms with Gasteiger partial charge in [-0.25, -0.2) is 0 Å². The number of oxime groups is 1. The number of nitrogens with zero attached hydrogens (tertiary/aromatic N) is 1. The number of fused-ring (bicyclic) bond motifs is 2. The third kappa shape index (κ3) is 3.28. The molecule has 1 aromatic rings. The summed E-state index contributed by atoms with van der Waals surface area (Å²) in [6.07, 6.45) is 4.39. The summed E-state index contributed by atoms with van der Waals surface area (Å²) in [5.74, 6) is 0.870. The molecule has 2 aliphatic rings. The number of nitrogens with two attached hydrogens (primary N) is 1. The van der Waals surface area contributed by atoms with Gasteiger partial charge in [0.15, 0.2) is 5.84 Å². The highest BCUT2D eigenvalue weighted by Gasteiger charge is 2.40. The van der Waals surface area contributed by atoms with Gasteiger partial charge in [0.2, 0.25) is 0 Å². The van der Waals surface area contributed by atoms with Gasteiger partial charge < -0.3 is 25.7 Å². The van der Waals surface area contributed by atoms with E-state index < -0.39 is 0 Å². The van der Waals surface area contributed by atoms with Crippen LogP contribution in [-0.4, -0.2) is 42.4 Å². The fourth-order valence-corrected chi connectivity index (χ4v) is 3.05. The van der Waals surface area contributed by atoms with Gasteiger partial charge >= 0.3 is 0 Å². The van der Waals surface area contributed by atoms with Crippen LogP contribution in [0.25, 0.3) is 0 Å². The predicted octanol–water partition coefficient (Wildman–Crippen LogP) is 1.07. The first-order chi connectivity index (χ1) is 10.3. The maximum atomic E-state index is 8.59. The summed E-state index contributed by atoms with van der Waals surface area (Å²) in [6.45, 7) is 1.41. The molecule has 3 rings (SSSR count). The van der Waals surface area contributed by atoms with Crippen LogP contribution >= 0.6 is 0 Å². The van der Waals surface area contributed by atoms with Crippen molar-refractivity contribution in [2.75, 3.05) is 13.2 Å². The summed E-state index contributed by atoms with van der Waals surface area (Å²) in [5, 5.41) is 15.1. The lowest BCUT2D eigenvalue weighted by Crippen LogP contribution is -2.39. The fourth-order valence-electron chi connectivity index (χ4n) is 3.05. The lowest BCUT2D eigenvalue weighted by atomic mass is 9.95. The van der Waals surface area contributed by atoms with Crippen LogP contribution in [0.1, 0.15) is 24.8 Å². The van der Waals surface area contributed by atoms with Crippen molar-refractivity contribution in [3.05, 3.63) is 29.8 Å². The molecule has 0 amide bonds. The molecule has 4 N–H and O–H groups in total. The second kappa shape index (κ2) is 6.32. The Morgan fingerprint density at radius 2 is 2.19 bits per heavy atom. The van der Waals surface area contributed by atoms with Crippen molar-refractivity contribution in [3.63, 3.8) is 0 Å². The normalized spacial score (nSPS) is 28.0. The number of amidine groups is 1. The number of rotatable bonds is 6. The third-order valence-electron chi connectivity index (χ3n) is 4.14. The lowest BCUT2D eigenvalue weighted by Gasteiger charge is -2.20. The van der Waals surface area contributed by atoms with E-state index in [0.29, 0.717) is 30.4 Å². The van der Waals surface area contributed by atoms with Crippen molar-refractivity contribution in [2.45, 2.75) is 37.5 Å². The largest absolute Gasteiger partial charge is 0.492 e. The molecule has 114 valence electrons. The Morgan fingerprint density at radius 3 is 2.81 bits per heavy atom. The van der Waals surface area contributed by atoms with E-state index in [9.17, 15) is 0 Å². The summed E-state index contributed by atoms with van der Waals surface area (Å²) >= 11 is 0. The number of benzene rings is 1. The van der Waals surface area contributed by atoms with Gasteiger partial charge in [-0.15, -0.1) is 0 Å². The zero-order valence-electron chi connectivity index (χ0n) is 11.9. The summed E-state index contributed by atoms with van der Waals surface area (Å²) in [7, 11) is 0. The summed E-state index contributed by atoms with van der Waals surface area (Å²) in [5.41, 5.74) is 6.17. The third-order valence-corrected chi connectivity index (χ3v) is 4.14. The van der Waals surface area contributed by atoms with E-state index in [2.05, 4.69) is 10.5 Å². The van der Waals surface area contributed by atoms with Gasteiger partial charge in [0.25, 0.3) is 0 Å². The van der Waals surface area contributed by atoms with E-state index in [0.717, 1.165) is 18.7 Å². The van der Waals surface area contributed by atoms with Crippen molar-refractivity contribution in [2.24, 2.45) is 10.9 Å². The highest BCUT2D eigenvalue weighted by atomic mass is 16.5. The molecule has 0 saturated carbocycles. The molecule has 2 fully saturated rings. The van der Waals surface area contributed by atoms with Gasteiger partial charge in [-0.3, -0.25) is 0 Å². The SMILES string of the molecule is N/C(=N/O)c1ccc(OCCNC2CC3CCC2O3)cc1. The van der Waals surface area contributed by atoms with Crippen LogP contribution < -0.4 is 15.8 Å². The molecule has 0 radical (unpaired) electrons. The van der Waals surface area contributed by atoms with Crippen molar-refractivity contribution in [3.8, 4) is 5.75 Å². The van der Waals surface area contributed by atoms with Crippen LogP contribution in [0.3, 0.4) is 0 Å². The Hall–Kier alpha value is -1.79. The highest BCUT2D eigenvalue weighted by molar-refractivity contribution is 5.97. The minimum absolute atomic E-state index is 0.0968. The van der Waals surface area contributed by atoms with E-state index in [1.54, 1.807) is 12.1 Å². The molecule has 3 atom stereocenters.